The van der Waals surface area contributed by atoms with Crippen molar-refractivity contribution < 1.29 is 9.53 Å². The summed E-state index contributed by atoms with van der Waals surface area (Å²) in [6.07, 6.45) is 0.698. The van der Waals surface area contributed by atoms with Crippen LogP contribution in [-0.2, 0) is 6.42 Å². The predicted octanol–water partition coefficient (Wildman–Crippen LogP) is 3.01. The molecule has 0 unspecified atom stereocenters. The second-order valence-electron chi connectivity index (χ2n) is 4.55. The van der Waals surface area contributed by atoms with Gasteiger partial charge in [0.1, 0.15) is 5.75 Å². The van der Waals surface area contributed by atoms with Crippen molar-refractivity contribution in [3.63, 3.8) is 0 Å². The molecule has 5 heteroatoms. The fourth-order valence-corrected chi connectivity index (χ4v) is 2.40. The number of ether oxygens (including phenoxy) is 1. The molecule has 0 aliphatic rings. The number of halogens is 1. The first kappa shape index (κ1) is 15.4. The van der Waals surface area contributed by atoms with E-state index >= 15 is 0 Å². The number of benzene rings is 2. The number of hydrogen-bond donors (Lipinski definition) is 2. The maximum atomic E-state index is 12.1. The predicted molar refractivity (Wildman–Crippen MR) is 87.6 cm³/mol. The molecule has 1 amide bonds. The van der Waals surface area contributed by atoms with Crippen molar-refractivity contribution in [2.24, 2.45) is 0 Å². The number of para-hydroxylation sites is 1. The van der Waals surface area contributed by atoms with Gasteiger partial charge in [0, 0.05) is 16.7 Å². The van der Waals surface area contributed by atoms with Crippen molar-refractivity contribution in [2.75, 3.05) is 19.4 Å². The molecule has 0 saturated carbocycles. The molecule has 21 heavy (non-hydrogen) atoms. The highest BCUT2D eigenvalue weighted by Gasteiger charge is 2.10. The third-order valence-electron chi connectivity index (χ3n) is 3.13. The van der Waals surface area contributed by atoms with Gasteiger partial charge in [0.15, 0.2) is 0 Å². The summed E-state index contributed by atoms with van der Waals surface area (Å²) >= 11 is 3.34. The van der Waals surface area contributed by atoms with Gasteiger partial charge >= 0.3 is 0 Å². The van der Waals surface area contributed by atoms with Gasteiger partial charge in [-0.15, -0.1) is 0 Å². The standard InChI is InChI=1S/C16H17BrN2O2/c1-21-15-5-3-2-4-11(15)8-9-19-16(20)13-10-12(17)6-7-14(13)18/h2-7,10H,8-9,18H2,1H3,(H,19,20). The van der Waals surface area contributed by atoms with Crippen molar-refractivity contribution in [2.45, 2.75) is 6.42 Å². The average Bonchev–Trinajstić information content (AvgIpc) is 2.50. The summed E-state index contributed by atoms with van der Waals surface area (Å²) in [4.78, 5) is 12.1. The van der Waals surface area contributed by atoms with E-state index < -0.39 is 0 Å². The Bertz CT molecular complexity index is 644. The zero-order valence-corrected chi connectivity index (χ0v) is 13.3. The lowest BCUT2D eigenvalue weighted by molar-refractivity contribution is 0.0955. The molecule has 3 N–H and O–H groups in total. The Hall–Kier alpha value is -2.01. The highest BCUT2D eigenvalue weighted by molar-refractivity contribution is 9.10. The molecule has 0 aliphatic carbocycles. The molecule has 0 saturated heterocycles. The minimum atomic E-state index is -0.177. The summed E-state index contributed by atoms with van der Waals surface area (Å²) in [5.74, 6) is 0.650. The number of amides is 1. The molecule has 4 nitrogen and oxygen atoms in total. The van der Waals surface area contributed by atoms with E-state index in [9.17, 15) is 4.79 Å². The number of carbonyl (C=O) groups excluding carboxylic acids is 1. The van der Waals surface area contributed by atoms with Gasteiger partial charge in [0.2, 0.25) is 0 Å². The second-order valence-corrected chi connectivity index (χ2v) is 5.46. The van der Waals surface area contributed by atoms with Crippen molar-refractivity contribution in [3.05, 3.63) is 58.1 Å². The quantitative estimate of drug-likeness (QED) is 0.816. The van der Waals surface area contributed by atoms with Gasteiger partial charge < -0.3 is 15.8 Å². The lowest BCUT2D eigenvalue weighted by atomic mass is 10.1. The molecule has 0 aromatic heterocycles. The third-order valence-corrected chi connectivity index (χ3v) is 3.63. The van der Waals surface area contributed by atoms with Gasteiger partial charge in [0.25, 0.3) is 5.91 Å². The smallest absolute Gasteiger partial charge is 0.253 e. The van der Waals surface area contributed by atoms with E-state index in [2.05, 4.69) is 21.2 Å². The summed E-state index contributed by atoms with van der Waals surface area (Å²) < 4.78 is 6.11. The van der Waals surface area contributed by atoms with E-state index in [-0.39, 0.29) is 5.91 Å². The van der Waals surface area contributed by atoms with Crippen LogP contribution in [0.4, 0.5) is 5.69 Å². The van der Waals surface area contributed by atoms with Crippen LogP contribution < -0.4 is 15.8 Å². The second kappa shape index (κ2) is 7.13. The van der Waals surface area contributed by atoms with Crippen LogP contribution in [0.2, 0.25) is 0 Å². The normalized spacial score (nSPS) is 10.2. The van der Waals surface area contributed by atoms with E-state index in [4.69, 9.17) is 10.5 Å². The van der Waals surface area contributed by atoms with Crippen LogP contribution in [0.25, 0.3) is 0 Å². The van der Waals surface area contributed by atoms with Crippen LogP contribution in [0.1, 0.15) is 15.9 Å². The molecule has 0 radical (unpaired) electrons. The first-order valence-electron chi connectivity index (χ1n) is 6.57. The summed E-state index contributed by atoms with van der Waals surface area (Å²) in [6, 6.07) is 13.0. The minimum absolute atomic E-state index is 0.177. The number of rotatable bonds is 5. The van der Waals surface area contributed by atoms with Crippen molar-refractivity contribution in [1.29, 1.82) is 0 Å². The Labute approximate surface area is 132 Å². The fraction of sp³-hybridized carbons (Fsp3) is 0.188. The molecular weight excluding hydrogens is 332 g/mol. The van der Waals surface area contributed by atoms with E-state index in [0.717, 1.165) is 15.8 Å². The Morgan fingerprint density at radius 1 is 1.29 bits per heavy atom. The van der Waals surface area contributed by atoms with Crippen LogP contribution in [0, 0.1) is 0 Å². The van der Waals surface area contributed by atoms with Gasteiger partial charge in [-0.1, -0.05) is 34.1 Å². The molecular formula is C16H17BrN2O2. The van der Waals surface area contributed by atoms with Crippen LogP contribution >= 0.6 is 15.9 Å². The SMILES string of the molecule is COc1ccccc1CCNC(=O)c1cc(Br)ccc1N. The summed E-state index contributed by atoms with van der Waals surface area (Å²) in [5.41, 5.74) is 7.82. The first-order chi connectivity index (χ1) is 10.1. The number of anilines is 1. The zero-order chi connectivity index (χ0) is 15.2. The number of nitrogens with one attached hydrogen (secondary N) is 1. The van der Waals surface area contributed by atoms with E-state index in [1.165, 1.54) is 0 Å². The molecule has 0 heterocycles. The molecule has 2 aromatic rings. The fourth-order valence-electron chi connectivity index (χ4n) is 2.04. The average molecular weight is 349 g/mol. The monoisotopic (exact) mass is 348 g/mol. The Kier molecular flexibility index (Phi) is 5.22. The van der Waals surface area contributed by atoms with Crippen molar-refractivity contribution in [3.8, 4) is 5.75 Å². The summed E-state index contributed by atoms with van der Waals surface area (Å²) in [7, 11) is 1.64. The largest absolute Gasteiger partial charge is 0.496 e. The zero-order valence-electron chi connectivity index (χ0n) is 11.7. The number of carbonyl (C=O) groups is 1. The number of nitrogens with two attached hydrogens (primary N) is 1. The maximum absolute atomic E-state index is 12.1. The minimum Gasteiger partial charge on any atom is -0.496 e. The first-order valence-corrected chi connectivity index (χ1v) is 7.36. The van der Waals surface area contributed by atoms with Crippen molar-refractivity contribution in [1.82, 2.24) is 5.32 Å². The van der Waals surface area contributed by atoms with Crippen LogP contribution in [-0.4, -0.2) is 19.6 Å². The van der Waals surface area contributed by atoms with Gasteiger partial charge in [-0.05, 0) is 36.2 Å². The van der Waals surface area contributed by atoms with Gasteiger partial charge in [-0.2, -0.15) is 0 Å². The van der Waals surface area contributed by atoms with E-state index in [1.807, 2.05) is 24.3 Å². The summed E-state index contributed by atoms with van der Waals surface area (Å²) in [6.45, 7) is 0.519. The molecule has 0 fully saturated rings. The van der Waals surface area contributed by atoms with Crippen LogP contribution in [0.15, 0.2) is 46.9 Å². The summed E-state index contributed by atoms with van der Waals surface area (Å²) in [5, 5.41) is 2.87. The lowest BCUT2D eigenvalue weighted by Crippen LogP contribution is -2.26. The van der Waals surface area contributed by atoms with Gasteiger partial charge in [0.05, 0.1) is 12.7 Å². The molecule has 110 valence electrons. The number of hydrogen-bond acceptors (Lipinski definition) is 3. The number of methoxy groups -OCH3 is 1. The van der Waals surface area contributed by atoms with Gasteiger partial charge in [-0.3, -0.25) is 4.79 Å². The van der Waals surface area contributed by atoms with E-state index in [1.54, 1.807) is 25.3 Å². The maximum Gasteiger partial charge on any atom is 0.253 e. The third kappa shape index (κ3) is 3.98. The van der Waals surface area contributed by atoms with Crippen LogP contribution in [0.3, 0.4) is 0 Å². The molecule has 0 atom stereocenters. The molecule has 0 bridgehead atoms. The Morgan fingerprint density at radius 3 is 2.81 bits per heavy atom. The molecule has 2 aromatic carbocycles. The van der Waals surface area contributed by atoms with Crippen LogP contribution in [0.5, 0.6) is 5.75 Å². The van der Waals surface area contributed by atoms with Gasteiger partial charge in [-0.25, -0.2) is 0 Å². The molecule has 0 spiro atoms. The highest BCUT2D eigenvalue weighted by atomic mass is 79.9. The topological polar surface area (TPSA) is 64.3 Å². The lowest BCUT2D eigenvalue weighted by Gasteiger charge is -2.10. The molecule has 0 aliphatic heterocycles. The Balaban J connectivity index is 1.97. The van der Waals surface area contributed by atoms with Crippen molar-refractivity contribution >= 4 is 27.5 Å². The van der Waals surface area contributed by atoms with E-state index in [0.29, 0.717) is 24.2 Å². The number of nitrogen functional groups attached to an aromatic ring is 1. The highest BCUT2D eigenvalue weighted by Crippen LogP contribution is 2.19. The molecule has 2 rings (SSSR count). The Morgan fingerprint density at radius 2 is 2.05 bits per heavy atom.